The minimum Gasteiger partial charge on any atom is -0.478 e. The maximum absolute atomic E-state index is 11.5. The molecule has 4 rings (SSSR count). The van der Waals surface area contributed by atoms with E-state index in [9.17, 15) is 9.90 Å². The summed E-state index contributed by atoms with van der Waals surface area (Å²) in [6.45, 7) is 2.62. The molecule has 0 bridgehead atoms. The van der Waals surface area contributed by atoms with Crippen LogP contribution in [0.1, 0.15) is 73.0 Å². The topological polar surface area (TPSA) is 68.0 Å². The van der Waals surface area contributed by atoms with Gasteiger partial charge in [0, 0.05) is 12.8 Å². The second-order valence-corrected chi connectivity index (χ2v) is 8.42. The molecule has 164 valence electrons. The Balaban J connectivity index is 1.54. The van der Waals surface area contributed by atoms with E-state index in [4.69, 9.17) is 10.1 Å². The van der Waals surface area contributed by atoms with Gasteiger partial charge >= 0.3 is 5.97 Å². The quantitative estimate of drug-likeness (QED) is 0.522. The van der Waals surface area contributed by atoms with Crippen molar-refractivity contribution < 1.29 is 9.90 Å². The molecule has 1 aliphatic carbocycles. The molecule has 1 N–H and O–H groups in total. The molecule has 5 nitrogen and oxygen atoms in total. The van der Waals surface area contributed by atoms with Gasteiger partial charge in [-0.2, -0.15) is 5.10 Å². The molecular formula is C27H29N3O2. The molecule has 0 spiro atoms. The van der Waals surface area contributed by atoms with Gasteiger partial charge in [-0.1, -0.05) is 87.4 Å². The van der Waals surface area contributed by atoms with Crippen molar-refractivity contribution in [2.45, 2.75) is 58.4 Å². The van der Waals surface area contributed by atoms with Gasteiger partial charge in [-0.3, -0.25) is 0 Å². The largest absolute Gasteiger partial charge is 0.478 e. The monoisotopic (exact) mass is 427 g/mol. The molecule has 5 heteroatoms. The summed E-state index contributed by atoms with van der Waals surface area (Å²) in [4.78, 5) is 16.3. The van der Waals surface area contributed by atoms with E-state index in [0.717, 1.165) is 41.2 Å². The van der Waals surface area contributed by atoms with Gasteiger partial charge in [0.2, 0.25) is 5.82 Å². The smallest absolute Gasteiger partial charge is 0.336 e. The number of hydrogen-bond acceptors (Lipinski definition) is 3. The van der Waals surface area contributed by atoms with Crippen LogP contribution < -0.4 is 0 Å². The number of benzene rings is 2. The Morgan fingerprint density at radius 2 is 1.84 bits per heavy atom. The number of nitrogens with zero attached hydrogens (tertiary/aromatic N) is 3. The fraction of sp³-hybridized carbons (Fsp3) is 0.370. The summed E-state index contributed by atoms with van der Waals surface area (Å²) >= 11 is 0. The fourth-order valence-electron chi connectivity index (χ4n) is 4.38. The van der Waals surface area contributed by atoms with Crippen LogP contribution in [0.5, 0.6) is 0 Å². The first kappa shape index (κ1) is 21.8. The van der Waals surface area contributed by atoms with Crippen molar-refractivity contribution in [3.8, 4) is 23.0 Å². The zero-order valence-electron chi connectivity index (χ0n) is 18.6. The lowest BCUT2D eigenvalue weighted by molar-refractivity contribution is 0.0697. The van der Waals surface area contributed by atoms with E-state index in [1.807, 2.05) is 48.0 Å². The summed E-state index contributed by atoms with van der Waals surface area (Å²) in [5, 5.41) is 14.3. The van der Waals surface area contributed by atoms with Gasteiger partial charge in [-0.05, 0) is 34.6 Å². The summed E-state index contributed by atoms with van der Waals surface area (Å²) in [6.07, 6.45) is 8.21. The molecule has 0 unspecified atom stereocenters. The maximum Gasteiger partial charge on any atom is 0.336 e. The number of carboxylic acids is 1. The molecule has 0 aliphatic heterocycles. The summed E-state index contributed by atoms with van der Waals surface area (Å²) < 4.78 is 1.90. The molecule has 0 saturated heterocycles. The van der Waals surface area contributed by atoms with E-state index >= 15 is 0 Å². The Morgan fingerprint density at radius 3 is 2.56 bits per heavy atom. The first-order valence-electron chi connectivity index (χ1n) is 11.5. The van der Waals surface area contributed by atoms with E-state index in [2.05, 4.69) is 11.8 Å². The molecule has 1 saturated carbocycles. The molecule has 0 radical (unpaired) electrons. The standard InChI is InChI=1S/C27H29N3O2/c1-2-3-13-26-28-25(18-20-9-5-4-6-10-20)29-30(26)19-21-14-16-22(17-15-21)23-11-7-8-12-24(23)27(31)32/h7-8,11-12,14-17,20H,2,4-6,9-10,18-19H2,1H3,(H,31,32). The van der Waals surface area contributed by atoms with Crippen LogP contribution in [0.25, 0.3) is 11.1 Å². The highest BCUT2D eigenvalue weighted by Crippen LogP contribution is 2.27. The molecular weight excluding hydrogens is 398 g/mol. The summed E-state index contributed by atoms with van der Waals surface area (Å²) in [7, 11) is 0. The minimum atomic E-state index is -0.920. The van der Waals surface area contributed by atoms with Gasteiger partial charge in [0.05, 0.1) is 12.1 Å². The van der Waals surface area contributed by atoms with Gasteiger partial charge in [0.1, 0.15) is 0 Å². The highest BCUT2D eigenvalue weighted by atomic mass is 16.4. The average Bonchev–Trinajstić information content (AvgIpc) is 3.19. The van der Waals surface area contributed by atoms with E-state index in [-0.39, 0.29) is 0 Å². The van der Waals surface area contributed by atoms with E-state index < -0.39 is 5.97 Å². The lowest BCUT2D eigenvalue weighted by atomic mass is 9.87. The third-order valence-corrected chi connectivity index (χ3v) is 6.04. The van der Waals surface area contributed by atoms with Crippen LogP contribution in [-0.4, -0.2) is 25.8 Å². The molecule has 2 aromatic carbocycles. The first-order chi connectivity index (χ1) is 15.6. The second-order valence-electron chi connectivity index (χ2n) is 8.42. The molecule has 32 heavy (non-hydrogen) atoms. The van der Waals surface area contributed by atoms with Gasteiger partial charge in [-0.15, -0.1) is 0 Å². The lowest BCUT2D eigenvalue weighted by Crippen LogP contribution is -2.10. The predicted molar refractivity (Wildman–Crippen MR) is 125 cm³/mol. The molecule has 1 heterocycles. The number of aromatic nitrogens is 3. The number of carbonyl (C=O) groups is 1. The Kier molecular flexibility index (Phi) is 7.01. The minimum absolute atomic E-state index is 0.306. The van der Waals surface area contributed by atoms with Crippen LogP contribution >= 0.6 is 0 Å². The molecule has 3 aromatic rings. The van der Waals surface area contributed by atoms with Gasteiger partial charge < -0.3 is 5.11 Å². The van der Waals surface area contributed by atoms with Gasteiger partial charge in [0.25, 0.3) is 0 Å². The van der Waals surface area contributed by atoms with Crippen LogP contribution in [0.3, 0.4) is 0 Å². The number of carboxylic acid groups (broad SMARTS) is 1. The summed E-state index contributed by atoms with van der Waals surface area (Å²) in [6, 6.07) is 15.1. The van der Waals surface area contributed by atoms with Crippen molar-refractivity contribution in [2.24, 2.45) is 5.92 Å². The number of aromatic carboxylic acids is 1. The Bertz CT molecular complexity index is 1130. The van der Waals surface area contributed by atoms with Crippen molar-refractivity contribution in [1.82, 2.24) is 14.8 Å². The lowest BCUT2D eigenvalue weighted by Gasteiger charge is -2.19. The maximum atomic E-state index is 11.5. The SMILES string of the molecule is CCC#Cc1nc(CC2CCCCC2)nn1Cc1ccc(-c2ccccc2C(=O)O)cc1. The van der Waals surface area contributed by atoms with Crippen molar-refractivity contribution in [3.05, 3.63) is 71.3 Å². The molecule has 1 fully saturated rings. The Morgan fingerprint density at radius 1 is 1.09 bits per heavy atom. The zero-order chi connectivity index (χ0) is 22.3. The van der Waals surface area contributed by atoms with Crippen molar-refractivity contribution in [3.63, 3.8) is 0 Å². The zero-order valence-corrected chi connectivity index (χ0v) is 18.6. The van der Waals surface area contributed by atoms with E-state index in [0.29, 0.717) is 18.0 Å². The number of hydrogen-bond donors (Lipinski definition) is 1. The van der Waals surface area contributed by atoms with Crippen molar-refractivity contribution in [1.29, 1.82) is 0 Å². The highest BCUT2D eigenvalue weighted by molar-refractivity contribution is 5.95. The van der Waals surface area contributed by atoms with Crippen LogP contribution in [0, 0.1) is 17.8 Å². The Hall–Kier alpha value is -3.39. The number of rotatable bonds is 6. The van der Waals surface area contributed by atoms with Crippen molar-refractivity contribution in [2.75, 3.05) is 0 Å². The van der Waals surface area contributed by atoms with Crippen LogP contribution in [0.4, 0.5) is 0 Å². The third kappa shape index (κ3) is 5.26. The predicted octanol–water partition coefficient (Wildman–Crippen LogP) is 5.58. The van der Waals surface area contributed by atoms with Gasteiger partial charge in [-0.25, -0.2) is 14.5 Å². The molecule has 1 aromatic heterocycles. The van der Waals surface area contributed by atoms with Crippen molar-refractivity contribution >= 4 is 5.97 Å². The first-order valence-corrected chi connectivity index (χ1v) is 11.5. The summed E-state index contributed by atoms with van der Waals surface area (Å²) in [5.74, 6) is 7.67. The molecule has 0 amide bonds. The third-order valence-electron chi connectivity index (χ3n) is 6.04. The van der Waals surface area contributed by atoms with Gasteiger partial charge in [0.15, 0.2) is 5.82 Å². The van der Waals surface area contributed by atoms with E-state index in [1.54, 1.807) is 12.1 Å². The molecule has 1 aliphatic rings. The van der Waals surface area contributed by atoms with Crippen LogP contribution in [0.15, 0.2) is 48.5 Å². The second kappa shape index (κ2) is 10.3. The Labute approximate surface area is 189 Å². The summed E-state index contributed by atoms with van der Waals surface area (Å²) in [5.41, 5.74) is 2.99. The molecule has 0 atom stereocenters. The fourth-order valence-corrected chi connectivity index (χ4v) is 4.38. The van der Waals surface area contributed by atoms with E-state index in [1.165, 1.54) is 32.1 Å². The normalized spacial score (nSPS) is 14.0. The van der Waals surface area contributed by atoms with Crippen LogP contribution in [0.2, 0.25) is 0 Å². The highest BCUT2D eigenvalue weighted by Gasteiger charge is 2.18. The van der Waals surface area contributed by atoms with Crippen LogP contribution in [-0.2, 0) is 13.0 Å². The average molecular weight is 428 g/mol.